The van der Waals surface area contributed by atoms with E-state index in [2.05, 4.69) is 10.2 Å². The van der Waals surface area contributed by atoms with E-state index >= 15 is 0 Å². The smallest absolute Gasteiger partial charge is 0.246 e. The van der Waals surface area contributed by atoms with Crippen molar-refractivity contribution in [3.63, 3.8) is 0 Å². The Morgan fingerprint density at radius 2 is 1.94 bits per heavy atom. The van der Waals surface area contributed by atoms with E-state index in [9.17, 15) is 8.42 Å². The molecular formula is C10H19N3O2S. The predicted octanol–water partition coefficient (Wildman–Crippen LogP) is 1.45. The molecule has 0 amide bonds. The van der Waals surface area contributed by atoms with Crippen molar-refractivity contribution < 1.29 is 8.42 Å². The van der Waals surface area contributed by atoms with Crippen molar-refractivity contribution in [1.82, 2.24) is 14.5 Å². The van der Waals surface area contributed by atoms with E-state index in [4.69, 9.17) is 0 Å². The van der Waals surface area contributed by atoms with Gasteiger partial charge in [0.05, 0.1) is 11.4 Å². The number of H-pyrrole nitrogens is 1. The average Bonchev–Trinajstić information content (AvgIpc) is 2.46. The number of rotatable bonds is 4. The number of hydrogen-bond donors (Lipinski definition) is 1. The molecule has 1 rings (SSSR count). The van der Waals surface area contributed by atoms with Crippen molar-refractivity contribution in [1.29, 1.82) is 0 Å². The first kappa shape index (κ1) is 13.2. The third-order valence-electron chi connectivity index (χ3n) is 2.51. The van der Waals surface area contributed by atoms with Gasteiger partial charge in [-0.1, -0.05) is 6.92 Å². The standard InChI is InChI=1S/C10H19N3O2S/c1-6-13(7(2)3)16(14,15)10-8(4)11-12-9(10)5/h7H,6H2,1-5H3,(H,11,12). The molecule has 0 spiro atoms. The normalized spacial score (nSPS) is 12.7. The van der Waals surface area contributed by atoms with Crippen molar-refractivity contribution in [2.45, 2.75) is 45.6 Å². The van der Waals surface area contributed by atoms with Crippen molar-refractivity contribution in [3.05, 3.63) is 11.4 Å². The highest BCUT2D eigenvalue weighted by atomic mass is 32.2. The summed E-state index contributed by atoms with van der Waals surface area (Å²) in [7, 11) is -3.43. The third-order valence-corrected chi connectivity index (χ3v) is 4.93. The van der Waals surface area contributed by atoms with Crippen LogP contribution in [-0.2, 0) is 10.0 Å². The van der Waals surface area contributed by atoms with Gasteiger partial charge < -0.3 is 0 Å². The van der Waals surface area contributed by atoms with E-state index in [0.29, 0.717) is 22.8 Å². The van der Waals surface area contributed by atoms with E-state index in [1.54, 1.807) is 13.8 Å². The van der Waals surface area contributed by atoms with Crippen molar-refractivity contribution in [2.24, 2.45) is 0 Å². The number of nitrogens with one attached hydrogen (secondary N) is 1. The molecule has 0 aliphatic heterocycles. The minimum atomic E-state index is -3.43. The monoisotopic (exact) mass is 245 g/mol. The van der Waals surface area contributed by atoms with Gasteiger partial charge in [-0.15, -0.1) is 0 Å². The molecule has 92 valence electrons. The first-order valence-electron chi connectivity index (χ1n) is 5.35. The molecule has 0 saturated heterocycles. The van der Waals surface area contributed by atoms with Crippen LogP contribution in [0.3, 0.4) is 0 Å². The quantitative estimate of drug-likeness (QED) is 0.873. The summed E-state index contributed by atoms with van der Waals surface area (Å²) in [5, 5.41) is 6.63. The Bertz CT molecular complexity index is 443. The first-order valence-corrected chi connectivity index (χ1v) is 6.79. The zero-order chi connectivity index (χ0) is 12.5. The summed E-state index contributed by atoms with van der Waals surface area (Å²) in [6, 6.07) is -0.0521. The van der Waals surface area contributed by atoms with Gasteiger partial charge in [0, 0.05) is 12.6 Å². The molecule has 0 aliphatic rings. The van der Waals surface area contributed by atoms with Crippen LogP contribution in [0.4, 0.5) is 0 Å². The Morgan fingerprint density at radius 3 is 2.25 bits per heavy atom. The molecule has 0 aromatic carbocycles. The molecule has 0 radical (unpaired) electrons. The van der Waals surface area contributed by atoms with Crippen molar-refractivity contribution >= 4 is 10.0 Å². The van der Waals surface area contributed by atoms with Crippen molar-refractivity contribution in [3.8, 4) is 0 Å². The molecule has 0 unspecified atom stereocenters. The Hall–Kier alpha value is -0.880. The van der Waals surface area contributed by atoms with Crippen LogP contribution in [0.2, 0.25) is 0 Å². The molecule has 1 aromatic heterocycles. The van der Waals surface area contributed by atoms with Crippen molar-refractivity contribution in [2.75, 3.05) is 6.54 Å². The lowest BCUT2D eigenvalue weighted by molar-refractivity contribution is 0.368. The van der Waals surface area contributed by atoms with Gasteiger partial charge in [-0.25, -0.2) is 8.42 Å². The SMILES string of the molecule is CCN(C(C)C)S(=O)(=O)c1c(C)n[nH]c1C. The highest BCUT2D eigenvalue weighted by Crippen LogP contribution is 2.22. The maximum absolute atomic E-state index is 12.4. The van der Waals surface area contributed by atoms with Crippen LogP contribution in [0.15, 0.2) is 4.90 Å². The summed E-state index contributed by atoms with van der Waals surface area (Å²) in [4.78, 5) is 0.308. The Balaban J connectivity index is 3.31. The average molecular weight is 245 g/mol. The van der Waals surface area contributed by atoms with Gasteiger partial charge in [0.25, 0.3) is 0 Å². The van der Waals surface area contributed by atoms with Crippen LogP contribution >= 0.6 is 0 Å². The molecule has 0 atom stereocenters. The third kappa shape index (κ3) is 2.12. The highest BCUT2D eigenvalue weighted by Gasteiger charge is 2.30. The second-order valence-electron chi connectivity index (χ2n) is 4.07. The molecular weight excluding hydrogens is 226 g/mol. The lowest BCUT2D eigenvalue weighted by atomic mass is 10.4. The minimum Gasteiger partial charge on any atom is -0.281 e. The summed E-state index contributed by atoms with van der Waals surface area (Å²) in [5.41, 5.74) is 1.12. The zero-order valence-corrected chi connectivity index (χ0v) is 11.2. The molecule has 16 heavy (non-hydrogen) atoms. The van der Waals surface area contributed by atoms with E-state index < -0.39 is 10.0 Å². The number of aromatic nitrogens is 2. The molecule has 1 N–H and O–H groups in total. The fraction of sp³-hybridized carbons (Fsp3) is 0.700. The number of sulfonamides is 1. The molecule has 0 saturated carbocycles. The Kier molecular flexibility index (Phi) is 3.75. The summed E-state index contributed by atoms with van der Waals surface area (Å²) in [6.07, 6.45) is 0. The van der Waals surface area contributed by atoms with E-state index in [0.717, 1.165) is 0 Å². The topological polar surface area (TPSA) is 66.1 Å². The number of aromatic amines is 1. The van der Waals surface area contributed by atoms with Gasteiger partial charge in [-0.2, -0.15) is 9.40 Å². The summed E-state index contributed by atoms with van der Waals surface area (Å²) < 4.78 is 26.2. The second kappa shape index (κ2) is 4.55. The van der Waals surface area contributed by atoms with E-state index in [1.807, 2.05) is 20.8 Å². The second-order valence-corrected chi connectivity index (χ2v) is 5.89. The molecule has 0 bridgehead atoms. The molecule has 1 aromatic rings. The summed E-state index contributed by atoms with van der Waals surface area (Å²) >= 11 is 0. The zero-order valence-electron chi connectivity index (χ0n) is 10.4. The molecule has 5 nitrogen and oxygen atoms in total. The van der Waals surface area contributed by atoms with E-state index in [1.165, 1.54) is 4.31 Å². The van der Waals surface area contributed by atoms with Crippen LogP contribution in [0.5, 0.6) is 0 Å². The predicted molar refractivity (Wildman–Crippen MR) is 62.8 cm³/mol. The summed E-state index contributed by atoms with van der Waals surface area (Å²) in [5.74, 6) is 0. The van der Waals surface area contributed by atoms with Gasteiger partial charge >= 0.3 is 0 Å². The van der Waals surface area contributed by atoms with Crippen LogP contribution in [-0.4, -0.2) is 35.5 Å². The van der Waals surface area contributed by atoms with Gasteiger partial charge in [-0.05, 0) is 27.7 Å². The number of nitrogens with zero attached hydrogens (tertiary/aromatic N) is 2. The van der Waals surface area contributed by atoms with Gasteiger partial charge in [-0.3, -0.25) is 5.10 Å². The largest absolute Gasteiger partial charge is 0.281 e. The lowest BCUT2D eigenvalue weighted by Gasteiger charge is -2.24. The van der Waals surface area contributed by atoms with Gasteiger partial charge in [0.15, 0.2) is 0 Å². The molecule has 0 fully saturated rings. The Morgan fingerprint density at radius 1 is 1.38 bits per heavy atom. The minimum absolute atomic E-state index is 0.0521. The molecule has 0 aliphatic carbocycles. The molecule has 1 heterocycles. The number of hydrogen-bond acceptors (Lipinski definition) is 3. The van der Waals surface area contributed by atoms with Gasteiger partial charge in [0.1, 0.15) is 4.90 Å². The van der Waals surface area contributed by atoms with Crippen LogP contribution in [0, 0.1) is 13.8 Å². The first-order chi connectivity index (χ1) is 7.32. The van der Waals surface area contributed by atoms with Crippen LogP contribution in [0.25, 0.3) is 0 Å². The van der Waals surface area contributed by atoms with Crippen LogP contribution < -0.4 is 0 Å². The lowest BCUT2D eigenvalue weighted by Crippen LogP contribution is -2.37. The van der Waals surface area contributed by atoms with Crippen LogP contribution in [0.1, 0.15) is 32.2 Å². The summed E-state index contributed by atoms with van der Waals surface area (Å²) in [6.45, 7) is 9.45. The fourth-order valence-corrected chi connectivity index (χ4v) is 3.83. The maximum atomic E-state index is 12.4. The fourth-order valence-electron chi connectivity index (χ4n) is 1.85. The van der Waals surface area contributed by atoms with Gasteiger partial charge in [0.2, 0.25) is 10.0 Å². The molecule has 6 heteroatoms. The van der Waals surface area contributed by atoms with E-state index in [-0.39, 0.29) is 6.04 Å². The maximum Gasteiger partial charge on any atom is 0.246 e. The highest BCUT2D eigenvalue weighted by molar-refractivity contribution is 7.89. The number of aryl methyl sites for hydroxylation is 2. The Labute approximate surface area is 96.9 Å².